The van der Waals surface area contributed by atoms with E-state index in [1.807, 2.05) is 56.3 Å². The summed E-state index contributed by atoms with van der Waals surface area (Å²) in [6, 6.07) is 15.9. The van der Waals surface area contributed by atoms with Gasteiger partial charge in [-0.05, 0) is 72.9 Å². The van der Waals surface area contributed by atoms with E-state index in [-0.39, 0.29) is 23.3 Å². The lowest BCUT2D eigenvalue weighted by molar-refractivity contribution is -0.127. The molecule has 1 aliphatic heterocycles. The largest absolute Gasteiger partial charge is 0.497 e. The number of carbonyl (C=O) groups is 2. The number of ether oxygens (including phenoxy) is 1. The van der Waals surface area contributed by atoms with Gasteiger partial charge < -0.3 is 4.74 Å². The van der Waals surface area contributed by atoms with Crippen molar-refractivity contribution < 1.29 is 14.3 Å². The van der Waals surface area contributed by atoms with E-state index in [0.29, 0.717) is 5.56 Å². The Labute approximate surface area is 208 Å². The van der Waals surface area contributed by atoms with E-state index in [1.165, 1.54) is 0 Å². The van der Waals surface area contributed by atoms with Crippen LogP contribution in [-0.4, -0.2) is 30.0 Å². The van der Waals surface area contributed by atoms with Crippen molar-refractivity contribution in [3.8, 4) is 5.75 Å². The number of methoxy groups -OCH3 is 1. The minimum atomic E-state index is -0.416. The predicted molar refractivity (Wildman–Crippen MR) is 141 cm³/mol. The average Bonchev–Trinajstić information content (AvgIpc) is 2.82. The third-order valence-corrected chi connectivity index (χ3v) is 7.48. The van der Waals surface area contributed by atoms with Crippen LogP contribution in [0.4, 0.5) is 0 Å². The Morgan fingerprint density at radius 2 is 1.77 bits per heavy atom. The number of hydrogen-bond donors (Lipinski definition) is 1. The van der Waals surface area contributed by atoms with E-state index >= 15 is 0 Å². The fraction of sp³-hybridized carbons (Fsp3) is 0.400. The maximum atomic E-state index is 13.7. The Balaban J connectivity index is 1.66. The number of nitrogens with zero attached hydrogens (tertiary/aromatic N) is 1. The fourth-order valence-electron chi connectivity index (χ4n) is 5.65. The number of hydrogen-bond acceptors (Lipinski definition) is 3. The molecule has 0 spiro atoms. The molecule has 1 aliphatic rings. The van der Waals surface area contributed by atoms with Crippen molar-refractivity contribution in [3.63, 3.8) is 0 Å². The molecule has 2 amide bonds. The molecule has 0 saturated heterocycles. The molecule has 1 heterocycles. The van der Waals surface area contributed by atoms with Gasteiger partial charge in [-0.2, -0.15) is 0 Å². The van der Waals surface area contributed by atoms with Crippen LogP contribution in [0.3, 0.4) is 0 Å². The lowest BCUT2D eigenvalue weighted by Gasteiger charge is -2.48. The summed E-state index contributed by atoms with van der Waals surface area (Å²) in [7, 11) is 1.65. The van der Waals surface area contributed by atoms with Gasteiger partial charge in [-0.1, -0.05) is 63.1 Å². The second kappa shape index (κ2) is 9.37. The molecule has 1 N–H and O–H groups in total. The summed E-state index contributed by atoms with van der Waals surface area (Å²) in [6.45, 7) is 12.4. The molecule has 0 radical (unpaired) electrons. The van der Waals surface area contributed by atoms with Crippen molar-refractivity contribution >= 4 is 22.6 Å². The van der Waals surface area contributed by atoms with Gasteiger partial charge in [-0.25, -0.2) is 5.01 Å². The number of fused-ring (bicyclic) bond motifs is 2. The van der Waals surface area contributed by atoms with E-state index in [1.54, 1.807) is 12.1 Å². The number of benzene rings is 3. The fourth-order valence-corrected chi connectivity index (χ4v) is 5.65. The number of carbonyl (C=O) groups excluding carboxylic acids is 2. The maximum Gasteiger partial charge on any atom is 0.272 e. The van der Waals surface area contributed by atoms with E-state index in [2.05, 4.69) is 39.2 Å². The van der Waals surface area contributed by atoms with Gasteiger partial charge in [-0.3, -0.25) is 15.0 Å². The van der Waals surface area contributed by atoms with Gasteiger partial charge in [0.1, 0.15) is 5.75 Å². The summed E-state index contributed by atoms with van der Waals surface area (Å²) >= 11 is 0. The predicted octanol–water partition coefficient (Wildman–Crippen LogP) is 6.20. The number of aryl methyl sites for hydroxylation is 2. The van der Waals surface area contributed by atoms with Crippen molar-refractivity contribution in [2.24, 2.45) is 0 Å². The maximum absolute atomic E-state index is 13.7. The molecule has 0 unspecified atom stereocenters. The van der Waals surface area contributed by atoms with Gasteiger partial charge >= 0.3 is 0 Å². The van der Waals surface area contributed by atoms with Gasteiger partial charge in [-0.15, -0.1) is 0 Å². The number of rotatable bonds is 6. The average molecular weight is 473 g/mol. The van der Waals surface area contributed by atoms with Crippen molar-refractivity contribution in [3.05, 3.63) is 76.3 Å². The van der Waals surface area contributed by atoms with E-state index in [0.717, 1.165) is 51.6 Å². The molecule has 0 aliphatic carbocycles. The van der Waals surface area contributed by atoms with Crippen molar-refractivity contribution in [1.82, 2.24) is 10.4 Å². The molecular weight excluding hydrogens is 436 g/mol. The van der Waals surface area contributed by atoms with Crippen LogP contribution >= 0.6 is 0 Å². The Bertz CT molecular complexity index is 1290. The van der Waals surface area contributed by atoms with Crippen LogP contribution in [-0.2, 0) is 10.2 Å². The Kier molecular flexibility index (Phi) is 6.63. The van der Waals surface area contributed by atoms with Crippen molar-refractivity contribution in [2.75, 3.05) is 7.11 Å². The van der Waals surface area contributed by atoms with E-state index in [9.17, 15) is 9.59 Å². The number of nitrogens with one attached hydrogen (secondary N) is 1. The third kappa shape index (κ3) is 4.40. The van der Waals surface area contributed by atoms with E-state index in [4.69, 9.17) is 4.74 Å². The first-order valence-corrected chi connectivity index (χ1v) is 12.4. The number of amides is 2. The minimum absolute atomic E-state index is 0.129. The van der Waals surface area contributed by atoms with Crippen molar-refractivity contribution in [2.45, 2.75) is 71.8 Å². The van der Waals surface area contributed by atoms with Crippen LogP contribution in [0.1, 0.15) is 79.1 Å². The zero-order valence-corrected chi connectivity index (χ0v) is 21.9. The molecule has 5 nitrogen and oxygen atoms in total. The molecule has 5 heteroatoms. The summed E-state index contributed by atoms with van der Waals surface area (Å²) < 4.78 is 5.32. The Morgan fingerprint density at radius 1 is 1.09 bits per heavy atom. The normalized spacial score (nSPS) is 17.7. The van der Waals surface area contributed by atoms with Gasteiger partial charge in [0.15, 0.2) is 0 Å². The molecule has 3 aromatic carbocycles. The monoisotopic (exact) mass is 472 g/mol. The van der Waals surface area contributed by atoms with Gasteiger partial charge in [0.2, 0.25) is 5.91 Å². The molecule has 0 bridgehead atoms. The van der Waals surface area contributed by atoms with Crippen LogP contribution in [0.25, 0.3) is 10.8 Å². The highest BCUT2D eigenvalue weighted by Gasteiger charge is 2.46. The molecule has 35 heavy (non-hydrogen) atoms. The lowest BCUT2D eigenvalue weighted by atomic mass is 9.69. The van der Waals surface area contributed by atoms with Crippen LogP contribution in [0.5, 0.6) is 5.75 Å². The van der Waals surface area contributed by atoms with Crippen LogP contribution < -0.4 is 10.2 Å². The topological polar surface area (TPSA) is 58.6 Å². The second-order valence-corrected chi connectivity index (χ2v) is 10.4. The first-order chi connectivity index (χ1) is 16.6. The summed E-state index contributed by atoms with van der Waals surface area (Å²) in [5, 5.41) is 3.70. The highest BCUT2D eigenvalue weighted by molar-refractivity contribution is 6.00. The summed E-state index contributed by atoms with van der Waals surface area (Å²) in [5.41, 5.74) is 7.60. The van der Waals surface area contributed by atoms with E-state index < -0.39 is 5.92 Å². The molecule has 0 fully saturated rings. The zero-order chi connectivity index (χ0) is 25.5. The smallest absolute Gasteiger partial charge is 0.272 e. The van der Waals surface area contributed by atoms with Crippen LogP contribution in [0.2, 0.25) is 0 Å². The minimum Gasteiger partial charge on any atom is -0.497 e. The molecular formula is C30H36N2O3. The third-order valence-electron chi connectivity index (χ3n) is 7.48. The van der Waals surface area contributed by atoms with Gasteiger partial charge in [0.05, 0.1) is 19.1 Å². The quantitative estimate of drug-likeness (QED) is 0.464. The summed E-state index contributed by atoms with van der Waals surface area (Å²) in [4.78, 5) is 27.2. The second-order valence-electron chi connectivity index (χ2n) is 10.4. The standard InChI is InChI=1S/C30H36N2O3/c1-8-9-26-30(5,6)27-19(3)14-18(2)15-25(27)29(34)32(26)31-28(33)20(4)21-10-11-23-17-24(35-7)13-12-22(23)16-21/h10-17,20,26H,8-9H2,1-7H3,(H,31,33)/t20-,26+/m0/s1. The Morgan fingerprint density at radius 3 is 2.46 bits per heavy atom. The zero-order valence-electron chi connectivity index (χ0n) is 21.9. The highest BCUT2D eigenvalue weighted by Crippen LogP contribution is 2.42. The van der Waals surface area contributed by atoms with Gasteiger partial charge in [0.25, 0.3) is 5.91 Å². The molecule has 3 aromatic rings. The summed E-state index contributed by atoms with van der Waals surface area (Å²) in [6.07, 6.45) is 1.72. The van der Waals surface area contributed by atoms with Gasteiger partial charge in [0, 0.05) is 11.0 Å². The van der Waals surface area contributed by atoms with Crippen molar-refractivity contribution in [1.29, 1.82) is 0 Å². The molecule has 2 atom stereocenters. The SMILES string of the molecule is CCC[C@H]1N(NC(=O)[C@@H](C)c2ccc3cc(OC)ccc3c2)C(=O)c2cc(C)cc(C)c2C1(C)C. The molecule has 4 rings (SSSR count). The summed E-state index contributed by atoms with van der Waals surface area (Å²) in [5.74, 6) is 0.0713. The van der Waals surface area contributed by atoms with Crippen LogP contribution in [0.15, 0.2) is 48.5 Å². The first kappa shape index (κ1) is 24.8. The molecule has 0 aromatic heterocycles. The lowest BCUT2D eigenvalue weighted by Crippen LogP contribution is -2.62. The highest BCUT2D eigenvalue weighted by atomic mass is 16.5. The van der Waals surface area contributed by atoms with Crippen LogP contribution in [0, 0.1) is 13.8 Å². The first-order valence-electron chi connectivity index (χ1n) is 12.4. The molecule has 184 valence electrons. The Hall–Kier alpha value is -3.34. The molecule has 0 saturated carbocycles. The number of hydrazine groups is 1.